The highest BCUT2D eigenvalue weighted by molar-refractivity contribution is 5.89. The van der Waals surface area contributed by atoms with Crippen LogP contribution < -0.4 is 11.1 Å². The molecule has 0 saturated carbocycles. The summed E-state index contributed by atoms with van der Waals surface area (Å²) in [5, 5.41) is 19.6. The lowest BCUT2D eigenvalue weighted by Gasteiger charge is -2.25. The Morgan fingerprint density at radius 3 is 2.28 bits per heavy atom. The van der Waals surface area contributed by atoms with Gasteiger partial charge in [0, 0.05) is 6.42 Å². The van der Waals surface area contributed by atoms with E-state index >= 15 is 0 Å². The van der Waals surface area contributed by atoms with E-state index in [2.05, 4.69) is 5.32 Å². The van der Waals surface area contributed by atoms with Gasteiger partial charge in [0.05, 0.1) is 5.54 Å². The van der Waals surface area contributed by atoms with Crippen LogP contribution in [0.25, 0.3) is 0 Å². The van der Waals surface area contributed by atoms with Crippen LogP contribution in [0.15, 0.2) is 0 Å². The van der Waals surface area contributed by atoms with Crippen molar-refractivity contribution in [3.05, 3.63) is 0 Å². The SMILES string of the molecule is CCCC(C)(N)C(=O)NC(CCC(=O)O)C(=O)O. The number of carboxylic acids is 2. The van der Waals surface area contributed by atoms with Crippen LogP contribution in [0.2, 0.25) is 0 Å². The standard InChI is InChI=1S/C11H20N2O5/c1-3-6-11(2,12)10(18)13-7(9(16)17)4-5-8(14)15/h7H,3-6,12H2,1-2H3,(H,13,18)(H,14,15)(H,16,17). The summed E-state index contributed by atoms with van der Waals surface area (Å²) in [5.41, 5.74) is 4.61. The minimum atomic E-state index is -1.27. The molecule has 0 aromatic carbocycles. The summed E-state index contributed by atoms with van der Waals surface area (Å²) in [7, 11) is 0. The molecule has 7 heteroatoms. The maximum atomic E-state index is 11.8. The van der Waals surface area contributed by atoms with E-state index in [9.17, 15) is 14.4 Å². The zero-order valence-corrected chi connectivity index (χ0v) is 10.6. The van der Waals surface area contributed by atoms with Crippen LogP contribution in [0, 0.1) is 0 Å². The summed E-state index contributed by atoms with van der Waals surface area (Å²) < 4.78 is 0. The summed E-state index contributed by atoms with van der Waals surface area (Å²) in [6, 6.07) is -1.23. The molecule has 5 N–H and O–H groups in total. The molecule has 0 radical (unpaired) electrons. The normalized spacial score (nSPS) is 15.5. The van der Waals surface area contributed by atoms with Gasteiger partial charge in [-0.15, -0.1) is 0 Å². The van der Waals surface area contributed by atoms with Crippen molar-refractivity contribution in [2.24, 2.45) is 5.73 Å². The van der Waals surface area contributed by atoms with E-state index < -0.39 is 29.4 Å². The van der Waals surface area contributed by atoms with E-state index in [1.807, 2.05) is 6.92 Å². The van der Waals surface area contributed by atoms with Gasteiger partial charge in [-0.05, 0) is 19.8 Å². The Labute approximate surface area is 105 Å². The molecule has 0 aliphatic rings. The van der Waals surface area contributed by atoms with Crippen LogP contribution >= 0.6 is 0 Å². The Morgan fingerprint density at radius 2 is 1.89 bits per heavy atom. The maximum Gasteiger partial charge on any atom is 0.326 e. The number of carbonyl (C=O) groups is 3. The van der Waals surface area contributed by atoms with E-state index in [4.69, 9.17) is 15.9 Å². The van der Waals surface area contributed by atoms with Gasteiger partial charge in [-0.25, -0.2) is 4.79 Å². The number of amides is 1. The third-order valence-corrected chi connectivity index (χ3v) is 2.54. The monoisotopic (exact) mass is 260 g/mol. The van der Waals surface area contributed by atoms with Crippen LogP contribution in [0.1, 0.15) is 39.5 Å². The lowest BCUT2D eigenvalue weighted by atomic mass is 9.96. The van der Waals surface area contributed by atoms with E-state index in [0.29, 0.717) is 12.8 Å². The van der Waals surface area contributed by atoms with Crippen LogP contribution in [0.3, 0.4) is 0 Å². The topological polar surface area (TPSA) is 130 Å². The summed E-state index contributed by atoms with van der Waals surface area (Å²) >= 11 is 0. The smallest absolute Gasteiger partial charge is 0.326 e. The molecule has 0 rings (SSSR count). The van der Waals surface area contributed by atoms with Crippen LogP contribution in [0.4, 0.5) is 0 Å². The Kier molecular flexibility index (Phi) is 6.32. The van der Waals surface area contributed by atoms with Gasteiger partial charge in [0.15, 0.2) is 0 Å². The van der Waals surface area contributed by atoms with Gasteiger partial charge in [0.1, 0.15) is 6.04 Å². The average Bonchev–Trinajstić information content (AvgIpc) is 2.22. The molecule has 18 heavy (non-hydrogen) atoms. The van der Waals surface area contributed by atoms with Gasteiger partial charge >= 0.3 is 11.9 Å². The van der Waals surface area contributed by atoms with Gasteiger partial charge in [-0.3, -0.25) is 9.59 Å². The molecular formula is C11H20N2O5. The van der Waals surface area contributed by atoms with Gasteiger partial charge in [0.25, 0.3) is 0 Å². The van der Waals surface area contributed by atoms with Crippen molar-refractivity contribution >= 4 is 17.8 Å². The van der Waals surface area contributed by atoms with E-state index in [0.717, 1.165) is 0 Å². The Hall–Kier alpha value is -1.63. The molecule has 0 aromatic rings. The fraction of sp³-hybridized carbons (Fsp3) is 0.727. The zero-order chi connectivity index (χ0) is 14.3. The largest absolute Gasteiger partial charge is 0.481 e. The highest BCUT2D eigenvalue weighted by Crippen LogP contribution is 2.10. The first kappa shape index (κ1) is 16.4. The minimum Gasteiger partial charge on any atom is -0.481 e. The van der Waals surface area contributed by atoms with Gasteiger partial charge < -0.3 is 21.3 Å². The van der Waals surface area contributed by atoms with E-state index in [-0.39, 0.29) is 12.8 Å². The zero-order valence-electron chi connectivity index (χ0n) is 10.6. The number of hydrogen-bond donors (Lipinski definition) is 4. The second-order valence-corrected chi connectivity index (χ2v) is 4.46. The highest BCUT2D eigenvalue weighted by Gasteiger charge is 2.31. The number of nitrogens with one attached hydrogen (secondary N) is 1. The summed E-state index contributed by atoms with van der Waals surface area (Å²) in [4.78, 5) is 33.0. The summed E-state index contributed by atoms with van der Waals surface area (Å²) in [6.45, 7) is 3.37. The van der Waals surface area contributed by atoms with Crippen molar-refractivity contribution in [2.75, 3.05) is 0 Å². The fourth-order valence-electron chi connectivity index (χ4n) is 1.48. The van der Waals surface area contributed by atoms with Crippen LogP contribution in [-0.4, -0.2) is 39.6 Å². The maximum absolute atomic E-state index is 11.8. The molecule has 0 aromatic heterocycles. The summed E-state index contributed by atoms with van der Waals surface area (Å²) in [5.74, 6) is -2.96. The number of hydrogen-bond acceptors (Lipinski definition) is 4. The lowest BCUT2D eigenvalue weighted by molar-refractivity contribution is -0.143. The molecule has 0 heterocycles. The molecule has 104 valence electrons. The number of carbonyl (C=O) groups excluding carboxylic acids is 1. The first-order valence-corrected chi connectivity index (χ1v) is 5.75. The van der Waals surface area contributed by atoms with Gasteiger partial charge in [-0.2, -0.15) is 0 Å². The first-order valence-electron chi connectivity index (χ1n) is 5.75. The molecule has 0 bridgehead atoms. The van der Waals surface area contributed by atoms with Crippen molar-refractivity contribution in [3.63, 3.8) is 0 Å². The molecule has 0 aliphatic carbocycles. The van der Waals surface area contributed by atoms with E-state index in [1.54, 1.807) is 0 Å². The Bertz CT molecular complexity index is 327. The van der Waals surface area contributed by atoms with E-state index in [1.165, 1.54) is 6.92 Å². The lowest BCUT2D eigenvalue weighted by Crippen LogP contribution is -2.55. The Morgan fingerprint density at radius 1 is 1.33 bits per heavy atom. The molecular weight excluding hydrogens is 240 g/mol. The number of aliphatic carboxylic acids is 2. The predicted octanol–water partition coefficient (Wildman–Crippen LogP) is -0.0619. The number of rotatable bonds is 8. The average molecular weight is 260 g/mol. The van der Waals surface area contributed by atoms with Crippen molar-refractivity contribution < 1.29 is 24.6 Å². The number of carboxylic acid groups (broad SMARTS) is 2. The van der Waals surface area contributed by atoms with Gasteiger partial charge in [-0.1, -0.05) is 13.3 Å². The van der Waals surface area contributed by atoms with Gasteiger partial charge in [0.2, 0.25) is 5.91 Å². The molecule has 0 spiro atoms. The van der Waals surface area contributed by atoms with Crippen molar-refractivity contribution in [2.45, 2.75) is 51.1 Å². The second kappa shape index (κ2) is 6.95. The van der Waals surface area contributed by atoms with Crippen LogP contribution in [0.5, 0.6) is 0 Å². The second-order valence-electron chi connectivity index (χ2n) is 4.46. The summed E-state index contributed by atoms with van der Waals surface area (Å²) in [6.07, 6.45) is 0.613. The minimum absolute atomic E-state index is 0.168. The first-order chi connectivity index (χ1) is 8.20. The molecule has 2 atom stereocenters. The molecule has 2 unspecified atom stereocenters. The molecule has 0 aliphatic heterocycles. The third kappa shape index (κ3) is 5.62. The third-order valence-electron chi connectivity index (χ3n) is 2.54. The number of nitrogens with two attached hydrogens (primary N) is 1. The Balaban J connectivity index is 4.54. The fourth-order valence-corrected chi connectivity index (χ4v) is 1.48. The van der Waals surface area contributed by atoms with Crippen molar-refractivity contribution in [1.29, 1.82) is 0 Å². The molecule has 0 saturated heterocycles. The van der Waals surface area contributed by atoms with Crippen LogP contribution in [-0.2, 0) is 14.4 Å². The van der Waals surface area contributed by atoms with Crippen molar-refractivity contribution in [1.82, 2.24) is 5.32 Å². The predicted molar refractivity (Wildman–Crippen MR) is 63.9 cm³/mol. The molecule has 7 nitrogen and oxygen atoms in total. The molecule has 0 fully saturated rings. The van der Waals surface area contributed by atoms with Crippen molar-refractivity contribution in [3.8, 4) is 0 Å². The molecule has 1 amide bonds. The quantitative estimate of drug-likeness (QED) is 0.483. The highest BCUT2D eigenvalue weighted by atomic mass is 16.4.